The average molecular weight is 279 g/mol. The molecule has 1 aromatic carbocycles. The molecule has 1 atom stereocenters. The molecule has 1 aromatic rings. The number of aliphatic hydroxyl groups excluding tert-OH is 1. The number of aliphatic hydroxyl groups is 1. The fourth-order valence-electron chi connectivity index (χ4n) is 1.38. The molecule has 18 heavy (non-hydrogen) atoms. The summed E-state index contributed by atoms with van der Waals surface area (Å²) in [7, 11) is -4.34. The van der Waals surface area contributed by atoms with Gasteiger partial charge in [0.15, 0.2) is 4.90 Å². The highest BCUT2D eigenvalue weighted by Crippen LogP contribution is 2.19. The molecule has 0 aliphatic carbocycles. The maximum atomic E-state index is 13.4. The van der Waals surface area contributed by atoms with E-state index >= 15 is 0 Å². The summed E-state index contributed by atoms with van der Waals surface area (Å²) in [5.41, 5.74) is 0. The topological polar surface area (TPSA) is 66.4 Å². The molecule has 1 unspecified atom stereocenters. The van der Waals surface area contributed by atoms with Gasteiger partial charge in [0, 0.05) is 6.04 Å². The van der Waals surface area contributed by atoms with Crippen molar-refractivity contribution in [2.75, 3.05) is 6.61 Å². The highest BCUT2D eigenvalue weighted by molar-refractivity contribution is 7.89. The largest absolute Gasteiger partial charge is 0.395 e. The van der Waals surface area contributed by atoms with Crippen LogP contribution in [0.4, 0.5) is 8.78 Å². The van der Waals surface area contributed by atoms with Crippen LogP contribution in [0.5, 0.6) is 0 Å². The number of rotatable bonds is 5. The summed E-state index contributed by atoms with van der Waals surface area (Å²) >= 11 is 0. The lowest BCUT2D eigenvalue weighted by Gasteiger charge is -2.20. The third kappa shape index (κ3) is 3.24. The molecule has 0 aromatic heterocycles. The lowest BCUT2D eigenvalue weighted by atomic mass is 10.1. The van der Waals surface area contributed by atoms with Crippen LogP contribution in [0, 0.1) is 17.6 Å². The van der Waals surface area contributed by atoms with E-state index in [1.54, 1.807) is 13.8 Å². The first-order valence-electron chi connectivity index (χ1n) is 5.36. The highest BCUT2D eigenvalue weighted by atomic mass is 32.2. The standard InChI is InChI=1S/C11H15F2NO3S/c1-7(2)10(6-15)14-18(16,17)11-8(12)4-3-5-9(11)13/h3-5,7,10,14-15H,6H2,1-2H3. The van der Waals surface area contributed by atoms with E-state index in [0.717, 1.165) is 18.2 Å². The van der Waals surface area contributed by atoms with Gasteiger partial charge in [-0.3, -0.25) is 0 Å². The van der Waals surface area contributed by atoms with Crippen molar-refractivity contribution in [3.05, 3.63) is 29.8 Å². The second kappa shape index (κ2) is 5.73. The first kappa shape index (κ1) is 15.0. The quantitative estimate of drug-likeness (QED) is 0.852. The Morgan fingerprint density at radius 2 is 1.78 bits per heavy atom. The highest BCUT2D eigenvalue weighted by Gasteiger charge is 2.27. The van der Waals surface area contributed by atoms with Gasteiger partial charge in [-0.25, -0.2) is 21.9 Å². The van der Waals surface area contributed by atoms with Crippen LogP contribution in [-0.4, -0.2) is 26.2 Å². The number of halogens is 2. The lowest BCUT2D eigenvalue weighted by molar-refractivity contribution is 0.227. The van der Waals surface area contributed by atoms with Gasteiger partial charge in [-0.15, -0.1) is 0 Å². The predicted octanol–water partition coefficient (Wildman–Crippen LogP) is 1.26. The molecule has 7 heteroatoms. The minimum Gasteiger partial charge on any atom is -0.395 e. The summed E-state index contributed by atoms with van der Waals surface area (Å²) in [5.74, 6) is -2.54. The second-order valence-corrected chi connectivity index (χ2v) is 5.86. The van der Waals surface area contributed by atoms with Gasteiger partial charge in [-0.05, 0) is 18.1 Å². The van der Waals surface area contributed by atoms with E-state index in [1.165, 1.54) is 0 Å². The molecule has 0 fully saturated rings. The summed E-state index contributed by atoms with van der Waals surface area (Å²) in [4.78, 5) is -1.02. The van der Waals surface area contributed by atoms with Crippen LogP contribution in [0.3, 0.4) is 0 Å². The van der Waals surface area contributed by atoms with E-state index in [0.29, 0.717) is 0 Å². The van der Waals surface area contributed by atoms with Crippen LogP contribution >= 0.6 is 0 Å². The van der Waals surface area contributed by atoms with Crippen molar-refractivity contribution in [2.45, 2.75) is 24.8 Å². The molecular weight excluding hydrogens is 264 g/mol. The Morgan fingerprint density at radius 1 is 1.28 bits per heavy atom. The molecule has 0 saturated heterocycles. The van der Waals surface area contributed by atoms with Crippen molar-refractivity contribution in [1.82, 2.24) is 4.72 Å². The van der Waals surface area contributed by atoms with Crippen molar-refractivity contribution in [3.8, 4) is 0 Å². The molecule has 0 bridgehead atoms. The number of sulfonamides is 1. The normalized spacial score (nSPS) is 13.9. The van der Waals surface area contributed by atoms with Crippen LogP contribution in [0.25, 0.3) is 0 Å². The SMILES string of the molecule is CC(C)C(CO)NS(=O)(=O)c1c(F)cccc1F. The molecule has 102 valence electrons. The van der Waals surface area contributed by atoms with Crippen LogP contribution in [0.15, 0.2) is 23.1 Å². The fourth-order valence-corrected chi connectivity index (χ4v) is 2.89. The molecule has 0 spiro atoms. The van der Waals surface area contributed by atoms with Crippen LogP contribution < -0.4 is 4.72 Å². The maximum Gasteiger partial charge on any atom is 0.246 e. The minimum atomic E-state index is -4.34. The van der Waals surface area contributed by atoms with Crippen molar-refractivity contribution in [2.24, 2.45) is 5.92 Å². The molecule has 4 nitrogen and oxygen atoms in total. The van der Waals surface area contributed by atoms with E-state index in [2.05, 4.69) is 4.72 Å². The third-order valence-corrected chi connectivity index (χ3v) is 4.04. The molecule has 0 aliphatic rings. The fraction of sp³-hybridized carbons (Fsp3) is 0.455. The number of hydrogen-bond donors (Lipinski definition) is 2. The third-order valence-electron chi connectivity index (χ3n) is 2.50. The zero-order chi connectivity index (χ0) is 13.9. The van der Waals surface area contributed by atoms with Gasteiger partial charge < -0.3 is 5.11 Å². The maximum absolute atomic E-state index is 13.4. The summed E-state index contributed by atoms with van der Waals surface area (Å²) in [6, 6.07) is 2.01. The number of benzene rings is 1. The number of hydrogen-bond acceptors (Lipinski definition) is 3. The number of nitrogens with one attached hydrogen (secondary N) is 1. The van der Waals surface area contributed by atoms with E-state index in [4.69, 9.17) is 5.11 Å². The Labute approximate surface area is 105 Å². The Balaban J connectivity index is 3.15. The van der Waals surface area contributed by atoms with Crippen molar-refractivity contribution in [3.63, 3.8) is 0 Å². The Bertz CT molecular complexity index is 497. The second-order valence-electron chi connectivity index (χ2n) is 4.21. The zero-order valence-corrected chi connectivity index (χ0v) is 10.8. The van der Waals surface area contributed by atoms with Gasteiger partial charge in [0.25, 0.3) is 0 Å². The molecule has 0 heterocycles. The molecular formula is C11H15F2NO3S. The van der Waals surface area contributed by atoms with Crippen molar-refractivity contribution in [1.29, 1.82) is 0 Å². The Morgan fingerprint density at radius 3 is 2.17 bits per heavy atom. The van der Waals surface area contributed by atoms with Gasteiger partial charge >= 0.3 is 0 Å². The molecule has 2 N–H and O–H groups in total. The Kier molecular flexibility index (Phi) is 4.78. The van der Waals surface area contributed by atoms with E-state index in [-0.39, 0.29) is 5.92 Å². The van der Waals surface area contributed by atoms with Crippen LogP contribution in [0.1, 0.15) is 13.8 Å². The van der Waals surface area contributed by atoms with Gasteiger partial charge in [0.2, 0.25) is 10.0 Å². The summed E-state index contributed by atoms with van der Waals surface area (Å²) in [5, 5.41) is 9.03. The van der Waals surface area contributed by atoms with Crippen LogP contribution in [0.2, 0.25) is 0 Å². The van der Waals surface area contributed by atoms with Gasteiger partial charge in [-0.2, -0.15) is 0 Å². The van der Waals surface area contributed by atoms with Gasteiger partial charge in [-0.1, -0.05) is 19.9 Å². The predicted molar refractivity (Wildman–Crippen MR) is 62.4 cm³/mol. The zero-order valence-electron chi connectivity index (χ0n) is 10.0. The lowest BCUT2D eigenvalue weighted by Crippen LogP contribution is -2.41. The average Bonchev–Trinajstić information content (AvgIpc) is 2.25. The van der Waals surface area contributed by atoms with E-state index in [9.17, 15) is 17.2 Å². The smallest absolute Gasteiger partial charge is 0.246 e. The van der Waals surface area contributed by atoms with Gasteiger partial charge in [0.1, 0.15) is 11.6 Å². The monoisotopic (exact) mass is 279 g/mol. The minimum absolute atomic E-state index is 0.209. The first-order valence-corrected chi connectivity index (χ1v) is 6.85. The molecule has 0 radical (unpaired) electrons. The van der Waals surface area contributed by atoms with Crippen LogP contribution in [-0.2, 0) is 10.0 Å². The molecule has 1 rings (SSSR count). The van der Waals surface area contributed by atoms with Crippen molar-refractivity contribution < 1.29 is 22.3 Å². The van der Waals surface area contributed by atoms with Gasteiger partial charge in [0.05, 0.1) is 6.61 Å². The summed E-state index contributed by atoms with van der Waals surface area (Å²) < 4.78 is 52.5. The molecule has 0 amide bonds. The summed E-state index contributed by atoms with van der Waals surface area (Å²) in [6.07, 6.45) is 0. The molecule has 0 saturated carbocycles. The first-order chi connectivity index (χ1) is 8.29. The van der Waals surface area contributed by atoms with Crippen molar-refractivity contribution >= 4 is 10.0 Å². The Hall–Kier alpha value is -1.05. The van der Waals surface area contributed by atoms with E-state index < -0.39 is 39.2 Å². The van der Waals surface area contributed by atoms with E-state index in [1.807, 2.05) is 0 Å². The summed E-state index contributed by atoms with van der Waals surface area (Å²) in [6.45, 7) is 2.91. The molecule has 0 aliphatic heterocycles.